The van der Waals surface area contributed by atoms with E-state index >= 15 is 0 Å². The van der Waals surface area contributed by atoms with Crippen LogP contribution in [0.4, 0.5) is 27.7 Å². The van der Waals surface area contributed by atoms with Crippen LogP contribution in [-0.2, 0) is 16.0 Å². The third-order valence-corrected chi connectivity index (χ3v) is 13.6. The zero-order valence-corrected chi connectivity index (χ0v) is 34.8. The molecule has 5 fully saturated rings. The number of carbonyl (C=O) groups is 4. The van der Waals surface area contributed by atoms with Gasteiger partial charge in [0.1, 0.15) is 12.1 Å². The van der Waals surface area contributed by atoms with Crippen molar-refractivity contribution in [3.8, 4) is 5.75 Å². The number of urea groups is 1. The molecule has 5 heterocycles. The van der Waals surface area contributed by atoms with Crippen molar-refractivity contribution in [2.75, 3.05) is 68.0 Å². The number of anilines is 4. The summed E-state index contributed by atoms with van der Waals surface area (Å²) >= 11 is 0. The Bertz CT molecular complexity index is 2490. The summed E-state index contributed by atoms with van der Waals surface area (Å²) in [5.41, 5.74) is 5.78. The number of methoxy groups -OCH3 is 1. The van der Waals surface area contributed by atoms with E-state index in [1.54, 1.807) is 24.5 Å². The van der Waals surface area contributed by atoms with Gasteiger partial charge in [0.25, 0.3) is 5.91 Å². The van der Waals surface area contributed by atoms with E-state index in [1.807, 2.05) is 41.6 Å². The van der Waals surface area contributed by atoms with Gasteiger partial charge in [0.15, 0.2) is 17.0 Å². The van der Waals surface area contributed by atoms with E-state index in [2.05, 4.69) is 64.6 Å². The lowest BCUT2D eigenvalue weighted by Crippen LogP contribution is -2.57. The SMILES string of the molecule is COc1ccc(C(=O)N2CCC3(CC(N4CCN(c5ccc(Nc6ncnc7c6ncn7C6CC(NC(=O)Cc7ccccc7)C6)cc5)CC4)C3)C2)cc1N1CCC(=O)NC1=O. The number of hydrogen-bond acceptors (Lipinski definition) is 11. The number of fused-ring (bicyclic) bond motifs is 1. The number of nitrogens with zero attached hydrogens (tertiary/aromatic N) is 8. The van der Waals surface area contributed by atoms with Gasteiger partial charge in [-0.25, -0.2) is 19.7 Å². The third-order valence-electron chi connectivity index (χ3n) is 13.6. The molecular formula is C46H51N11O5. The second kappa shape index (κ2) is 16.4. The largest absolute Gasteiger partial charge is 0.495 e. The maximum absolute atomic E-state index is 13.7. The highest BCUT2D eigenvalue weighted by Gasteiger charge is 2.51. The first-order chi connectivity index (χ1) is 30.2. The number of nitrogens with one attached hydrogen (secondary N) is 3. The first-order valence-corrected chi connectivity index (χ1v) is 21.7. The van der Waals surface area contributed by atoms with Gasteiger partial charge in [-0.2, -0.15) is 0 Å². The highest BCUT2D eigenvalue weighted by molar-refractivity contribution is 6.07. The second-order valence-electron chi connectivity index (χ2n) is 17.5. The van der Waals surface area contributed by atoms with Gasteiger partial charge in [-0.1, -0.05) is 30.3 Å². The minimum atomic E-state index is -0.509. The predicted molar refractivity (Wildman–Crippen MR) is 234 cm³/mol. The lowest BCUT2D eigenvalue weighted by Gasteiger charge is -2.52. The molecule has 1 spiro atoms. The number of hydrogen-bond donors (Lipinski definition) is 3. The van der Waals surface area contributed by atoms with E-state index in [-0.39, 0.29) is 48.2 Å². The minimum absolute atomic E-state index is 0.0417. The van der Waals surface area contributed by atoms with Crippen molar-refractivity contribution in [3.63, 3.8) is 0 Å². The first kappa shape index (κ1) is 39.6. The van der Waals surface area contributed by atoms with E-state index in [1.165, 1.54) is 17.7 Å². The monoisotopic (exact) mass is 837 g/mol. The van der Waals surface area contributed by atoms with Crippen molar-refractivity contribution < 1.29 is 23.9 Å². The van der Waals surface area contributed by atoms with Crippen LogP contribution in [0.5, 0.6) is 5.75 Å². The van der Waals surface area contributed by atoms with E-state index in [9.17, 15) is 19.2 Å². The highest BCUT2D eigenvalue weighted by atomic mass is 16.5. The fourth-order valence-electron chi connectivity index (χ4n) is 10.1. The summed E-state index contributed by atoms with van der Waals surface area (Å²) in [6.45, 7) is 5.59. The zero-order valence-electron chi connectivity index (χ0n) is 34.8. The van der Waals surface area contributed by atoms with E-state index in [4.69, 9.17) is 9.72 Å². The first-order valence-electron chi connectivity index (χ1n) is 21.7. The number of imide groups is 1. The molecule has 2 aromatic heterocycles. The molecule has 62 heavy (non-hydrogen) atoms. The number of ether oxygens (including phenoxy) is 1. The van der Waals surface area contributed by atoms with Gasteiger partial charge < -0.3 is 29.7 Å². The summed E-state index contributed by atoms with van der Waals surface area (Å²) in [4.78, 5) is 72.9. The lowest BCUT2D eigenvalue weighted by molar-refractivity contribution is -0.122. The molecule has 0 bridgehead atoms. The summed E-state index contributed by atoms with van der Waals surface area (Å²) in [7, 11) is 1.53. The van der Waals surface area contributed by atoms with Crippen LogP contribution in [0.15, 0.2) is 85.5 Å². The predicted octanol–water partition coefficient (Wildman–Crippen LogP) is 4.90. The zero-order chi connectivity index (χ0) is 42.4. The molecular weight excluding hydrogens is 787 g/mol. The molecule has 0 atom stereocenters. The van der Waals surface area contributed by atoms with Gasteiger partial charge >= 0.3 is 6.03 Å². The number of aromatic nitrogens is 4. The van der Waals surface area contributed by atoms with Crippen LogP contribution in [0.25, 0.3) is 11.2 Å². The Hall–Kier alpha value is -6.55. The fraction of sp³-hybridized carbons (Fsp3) is 0.413. The molecule has 0 radical (unpaired) electrons. The molecule has 3 N–H and O–H groups in total. The summed E-state index contributed by atoms with van der Waals surface area (Å²) in [5, 5.41) is 8.98. The number of rotatable bonds is 11. The molecule has 0 unspecified atom stereocenters. The van der Waals surface area contributed by atoms with Crippen molar-refractivity contribution in [2.45, 2.75) is 63.1 Å². The van der Waals surface area contributed by atoms with E-state index < -0.39 is 6.03 Å². The molecule has 3 saturated heterocycles. The average Bonchev–Trinajstić information content (AvgIpc) is 3.91. The fourth-order valence-corrected chi connectivity index (χ4v) is 10.1. The van der Waals surface area contributed by atoms with Gasteiger partial charge in [0, 0.05) is 87.3 Å². The van der Waals surface area contributed by atoms with E-state index in [0.717, 1.165) is 87.2 Å². The molecule has 320 valence electrons. The molecule has 5 aliphatic rings. The Morgan fingerprint density at radius 1 is 0.887 bits per heavy atom. The summed E-state index contributed by atoms with van der Waals surface area (Å²) in [6.07, 6.45) is 8.83. The number of imidazole rings is 1. The second-order valence-corrected chi connectivity index (χ2v) is 17.5. The molecule has 3 aromatic carbocycles. The lowest BCUT2D eigenvalue weighted by atomic mass is 9.64. The van der Waals surface area contributed by atoms with Crippen LogP contribution in [0.3, 0.4) is 0 Å². The van der Waals surface area contributed by atoms with Crippen LogP contribution >= 0.6 is 0 Å². The Morgan fingerprint density at radius 2 is 1.68 bits per heavy atom. The maximum Gasteiger partial charge on any atom is 0.328 e. The van der Waals surface area contributed by atoms with Crippen LogP contribution in [0.2, 0.25) is 0 Å². The Kier molecular flexibility index (Phi) is 10.5. The average molecular weight is 838 g/mol. The molecule has 5 amide bonds. The maximum atomic E-state index is 13.7. The number of amides is 5. The molecule has 5 aromatic rings. The quantitative estimate of drug-likeness (QED) is 0.165. The summed E-state index contributed by atoms with van der Waals surface area (Å²) < 4.78 is 7.60. The number of likely N-dealkylation sites (tertiary alicyclic amines) is 1. The normalized spacial score (nSPS) is 23.8. The Morgan fingerprint density at radius 3 is 2.44 bits per heavy atom. The molecule has 16 heteroatoms. The molecule has 3 aliphatic heterocycles. The molecule has 10 rings (SSSR count). The van der Waals surface area contributed by atoms with Crippen molar-refractivity contribution >= 4 is 57.8 Å². The smallest absolute Gasteiger partial charge is 0.328 e. The minimum Gasteiger partial charge on any atom is -0.495 e. The molecule has 2 aliphatic carbocycles. The Balaban J connectivity index is 0.688. The van der Waals surface area contributed by atoms with Crippen molar-refractivity contribution in [1.29, 1.82) is 0 Å². The molecule has 2 saturated carbocycles. The van der Waals surface area contributed by atoms with Crippen LogP contribution in [0, 0.1) is 5.41 Å². The van der Waals surface area contributed by atoms with Gasteiger partial charge in [0.2, 0.25) is 11.8 Å². The standard InChI is InChI=1S/C46H51N11O5/c1-62-38-12-7-31(22-37(38)56-15-13-39(58)52-45(56)61)44(60)55-16-14-46(27-55)25-36(26-46)54-19-17-53(18-20-54)34-10-8-32(9-11-34)51-42-41-43(48-28-47-42)57(29-49-41)35-23-33(24-35)50-40(59)21-30-5-3-2-4-6-30/h2-12,22,28-29,33,35-36H,13-21,23-27H2,1H3,(H,50,59)(H,47,48,51)(H,52,58,61). The van der Waals surface area contributed by atoms with Crippen LogP contribution < -0.4 is 30.5 Å². The van der Waals surface area contributed by atoms with Gasteiger partial charge in [0.05, 0.1) is 25.5 Å². The Labute approximate surface area is 359 Å². The highest BCUT2D eigenvalue weighted by Crippen LogP contribution is 2.50. The van der Waals surface area contributed by atoms with Gasteiger partial charge in [-0.15, -0.1) is 0 Å². The van der Waals surface area contributed by atoms with Crippen LogP contribution in [-0.4, -0.2) is 118 Å². The molecule has 16 nitrogen and oxygen atoms in total. The van der Waals surface area contributed by atoms with Gasteiger partial charge in [-0.05, 0) is 85.5 Å². The van der Waals surface area contributed by atoms with Crippen LogP contribution in [0.1, 0.15) is 60.5 Å². The van der Waals surface area contributed by atoms with Crippen molar-refractivity contribution in [2.24, 2.45) is 5.41 Å². The van der Waals surface area contributed by atoms with Crippen molar-refractivity contribution in [1.82, 2.24) is 40.0 Å². The van der Waals surface area contributed by atoms with Crippen molar-refractivity contribution in [3.05, 3.63) is 96.6 Å². The number of carbonyl (C=O) groups excluding carboxylic acids is 4. The number of benzene rings is 3. The van der Waals surface area contributed by atoms with E-state index in [0.29, 0.717) is 41.8 Å². The van der Waals surface area contributed by atoms with Gasteiger partial charge in [-0.3, -0.25) is 29.5 Å². The third kappa shape index (κ3) is 7.78. The summed E-state index contributed by atoms with van der Waals surface area (Å²) in [5.74, 6) is 0.835. The summed E-state index contributed by atoms with van der Waals surface area (Å²) in [6, 6.07) is 23.9. The number of piperazine rings is 1. The topological polar surface area (TPSA) is 170 Å².